The van der Waals surface area contributed by atoms with Gasteiger partial charge in [0.1, 0.15) is 16.9 Å². The third-order valence-corrected chi connectivity index (χ3v) is 4.43. The Balaban J connectivity index is 2.01. The highest BCUT2D eigenvalue weighted by Crippen LogP contribution is 2.28. The van der Waals surface area contributed by atoms with Crippen molar-refractivity contribution in [3.8, 4) is 0 Å². The Bertz CT molecular complexity index is 975. The molecule has 150 valence electrons. The van der Waals surface area contributed by atoms with Crippen molar-refractivity contribution in [2.24, 2.45) is 0 Å². The number of fused-ring (bicyclic) bond motifs is 3. The van der Waals surface area contributed by atoms with Gasteiger partial charge in [0.2, 0.25) is 0 Å². The number of nitrogens with zero attached hydrogens (tertiary/aromatic N) is 3. The molecule has 3 rings (SSSR count). The number of nitrogens with one attached hydrogen (secondary N) is 1. The molecule has 1 atom stereocenters. The molecule has 0 aliphatic carbocycles. The van der Waals surface area contributed by atoms with Crippen molar-refractivity contribution in [1.82, 2.24) is 19.9 Å². The fraction of sp³-hybridized carbons (Fsp3) is 0.476. The number of pyridine rings is 1. The summed E-state index contributed by atoms with van der Waals surface area (Å²) in [5, 5.41) is 13.9. The second-order valence-electron chi connectivity index (χ2n) is 7.88. The summed E-state index contributed by atoms with van der Waals surface area (Å²) in [6.07, 6.45) is 2.96. The van der Waals surface area contributed by atoms with E-state index in [0.717, 1.165) is 40.6 Å². The van der Waals surface area contributed by atoms with E-state index in [9.17, 15) is 9.90 Å². The number of carbonyl (C=O) groups excluding carboxylic acids is 1. The number of rotatable bonds is 6. The number of aliphatic hydroxyl groups is 1. The minimum absolute atomic E-state index is 0.130. The van der Waals surface area contributed by atoms with E-state index in [2.05, 4.69) is 17.2 Å². The Kier molecular flexibility index (Phi) is 5.84. The van der Waals surface area contributed by atoms with Crippen LogP contribution in [0.15, 0.2) is 30.5 Å². The SMILES string of the molecule is CCCc1nc2cnc3ccccc3c2n1[C@H](CO)CNC(=O)OC(C)(C)C. The quantitative estimate of drug-likeness (QED) is 0.678. The number of aryl methyl sites for hydroxylation is 1. The summed E-state index contributed by atoms with van der Waals surface area (Å²) in [5.74, 6) is 0.876. The Hall–Kier alpha value is -2.67. The van der Waals surface area contributed by atoms with Gasteiger partial charge in [0.15, 0.2) is 0 Å². The Morgan fingerprint density at radius 2 is 2.04 bits per heavy atom. The van der Waals surface area contributed by atoms with Crippen molar-refractivity contribution in [3.63, 3.8) is 0 Å². The number of imidazole rings is 1. The molecule has 0 unspecified atom stereocenters. The average molecular weight is 384 g/mol. The minimum Gasteiger partial charge on any atom is -0.444 e. The Morgan fingerprint density at radius 3 is 2.71 bits per heavy atom. The van der Waals surface area contributed by atoms with Crippen LogP contribution in [-0.2, 0) is 11.2 Å². The lowest BCUT2D eigenvalue weighted by Crippen LogP contribution is -2.37. The summed E-state index contributed by atoms with van der Waals surface area (Å²) in [4.78, 5) is 21.3. The molecule has 1 aromatic carbocycles. The molecule has 2 aromatic heterocycles. The second kappa shape index (κ2) is 8.14. The largest absolute Gasteiger partial charge is 0.444 e. The summed E-state index contributed by atoms with van der Waals surface area (Å²) in [5.41, 5.74) is 2.02. The summed E-state index contributed by atoms with van der Waals surface area (Å²) < 4.78 is 7.36. The highest BCUT2D eigenvalue weighted by Gasteiger charge is 2.22. The van der Waals surface area contributed by atoms with E-state index in [0.29, 0.717) is 0 Å². The molecular formula is C21H28N4O3. The van der Waals surface area contributed by atoms with Gasteiger partial charge in [0, 0.05) is 18.4 Å². The highest BCUT2D eigenvalue weighted by molar-refractivity contribution is 6.02. The molecule has 2 N–H and O–H groups in total. The zero-order chi connectivity index (χ0) is 20.3. The molecule has 0 aliphatic rings. The molecule has 0 fully saturated rings. The third-order valence-electron chi connectivity index (χ3n) is 4.43. The first-order chi connectivity index (χ1) is 13.3. The van der Waals surface area contributed by atoms with Crippen molar-refractivity contribution in [2.75, 3.05) is 13.2 Å². The predicted octanol–water partition coefficient (Wildman–Crippen LogP) is 3.60. The van der Waals surface area contributed by atoms with Crippen LogP contribution < -0.4 is 5.32 Å². The van der Waals surface area contributed by atoms with Gasteiger partial charge in [-0.25, -0.2) is 9.78 Å². The molecule has 1 amide bonds. The number of aliphatic hydroxyl groups excluding tert-OH is 1. The zero-order valence-electron chi connectivity index (χ0n) is 16.9. The Labute approximate surface area is 164 Å². The number of carbonyl (C=O) groups is 1. The van der Waals surface area contributed by atoms with Gasteiger partial charge < -0.3 is 19.7 Å². The van der Waals surface area contributed by atoms with Gasteiger partial charge in [-0.15, -0.1) is 0 Å². The van der Waals surface area contributed by atoms with Crippen LogP contribution in [0, 0.1) is 0 Å². The summed E-state index contributed by atoms with van der Waals surface area (Å²) in [6.45, 7) is 7.65. The molecule has 28 heavy (non-hydrogen) atoms. The average Bonchev–Trinajstić information content (AvgIpc) is 3.00. The van der Waals surface area contributed by atoms with Gasteiger partial charge in [0.05, 0.1) is 29.9 Å². The maximum Gasteiger partial charge on any atom is 0.407 e. The van der Waals surface area contributed by atoms with Gasteiger partial charge in [0.25, 0.3) is 0 Å². The second-order valence-corrected chi connectivity index (χ2v) is 7.88. The maximum atomic E-state index is 12.1. The van der Waals surface area contributed by atoms with Crippen molar-refractivity contribution in [1.29, 1.82) is 0 Å². The van der Waals surface area contributed by atoms with Crippen LogP contribution in [0.5, 0.6) is 0 Å². The number of hydrogen-bond acceptors (Lipinski definition) is 5. The van der Waals surface area contributed by atoms with Crippen LogP contribution >= 0.6 is 0 Å². The lowest BCUT2D eigenvalue weighted by atomic mass is 10.1. The van der Waals surface area contributed by atoms with E-state index >= 15 is 0 Å². The number of alkyl carbamates (subject to hydrolysis) is 1. The minimum atomic E-state index is -0.574. The zero-order valence-corrected chi connectivity index (χ0v) is 16.9. The first-order valence-corrected chi connectivity index (χ1v) is 9.66. The number of aromatic nitrogens is 3. The molecule has 0 bridgehead atoms. The molecule has 7 nitrogen and oxygen atoms in total. The van der Waals surface area contributed by atoms with E-state index < -0.39 is 11.7 Å². The third kappa shape index (κ3) is 4.25. The smallest absolute Gasteiger partial charge is 0.407 e. The van der Waals surface area contributed by atoms with E-state index in [-0.39, 0.29) is 19.2 Å². The lowest BCUT2D eigenvalue weighted by molar-refractivity contribution is 0.0514. The van der Waals surface area contributed by atoms with Gasteiger partial charge in [-0.3, -0.25) is 4.98 Å². The number of para-hydroxylation sites is 1. The van der Waals surface area contributed by atoms with E-state index in [1.54, 1.807) is 6.20 Å². The van der Waals surface area contributed by atoms with Crippen LogP contribution in [0.25, 0.3) is 21.9 Å². The number of benzene rings is 1. The molecule has 3 aromatic rings. The van der Waals surface area contributed by atoms with Crippen LogP contribution in [0.4, 0.5) is 4.79 Å². The normalized spacial score (nSPS) is 13.0. The molecule has 0 aliphatic heterocycles. The fourth-order valence-electron chi connectivity index (χ4n) is 3.32. The van der Waals surface area contributed by atoms with Crippen LogP contribution in [0.2, 0.25) is 0 Å². The van der Waals surface area contributed by atoms with Crippen molar-refractivity contribution in [2.45, 2.75) is 52.2 Å². The molecular weight excluding hydrogens is 356 g/mol. The predicted molar refractivity (Wildman–Crippen MR) is 109 cm³/mol. The first-order valence-electron chi connectivity index (χ1n) is 9.66. The van der Waals surface area contributed by atoms with Gasteiger partial charge in [-0.05, 0) is 33.3 Å². The van der Waals surface area contributed by atoms with Crippen LogP contribution in [0.1, 0.15) is 46.0 Å². The number of amides is 1. The summed E-state index contributed by atoms with van der Waals surface area (Å²) in [7, 11) is 0. The molecule has 7 heteroatoms. The molecule has 0 saturated carbocycles. The number of ether oxygens (including phenoxy) is 1. The molecule has 0 spiro atoms. The maximum absolute atomic E-state index is 12.1. The highest BCUT2D eigenvalue weighted by atomic mass is 16.6. The first kappa shape index (κ1) is 20.1. The summed E-state index contributed by atoms with van der Waals surface area (Å²) in [6, 6.07) is 7.52. The number of hydrogen-bond donors (Lipinski definition) is 2. The van der Waals surface area contributed by atoms with E-state index in [1.165, 1.54) is 0 Å². The van der Waals surface area contributed by atoms with Crippen molar-refractivity contribution in [3.05, 3.63) is 36.3 Å². The van der Waals surface area contributed by atoms with Gasteiger partial charge in [-0.1, -0.05) is 25.1 Å². The lowest BCUT2D eigenvalue weighted by Gasteiger charge is -2.23. The topological polar surface area (TPSA) is 89.3 Å². The van der Waals surface area contributed by atoms with Crippen molar-refractivity contribution >= 4 is 28.0 Å². The Morgan fingerprint density at radius 1 is 1.29 bits per heavy atom. The molecule has 2 heterocycles. The van der Waals surface area contributed by atoms with E-state index in [4.69, 9.17) is 9.72 Å². The fourth-order valence-corrected chi connectivity index (χ4v) is 3.32. The standard InChI is InChI=1S/C21H28N4O3/c1-5-8-18-24-17-12-22-16-10-7-6-9-15(16)19(17)25(18)14(13-26)11-23-20(27)28-21(2,3)4/h6-7,9-10,12,14,26H,5,8,11,13H2,1-4H3,(H,23,27)/t14-/m0/s1. The van der Waals surface area contributed by atoms with E-state index in [1.807, 2.05) is 49.6 Å². The van der Waals surface area contributed by atoms with Gasteiger partial charge in [-0.2, -0.15) is 0 Å². The van der Waals surface area contributed by atoms with Crippen LogP contribution in [0.3, 0.4) is 0 Å². The van der Waals surface area contributed by atoms with Gasteiger partial charge >= 0.3 is 6.09 Å². The molecule has 0 saturated heterocycles. The van der Waals surface area contributed by atoms with Crippen LogP contribution in [-0.4, -0.2) is 44.5 Å². The molecule has 0 radical (unpaired) electrons. The summed E-state index contributed by atoms with van der Waals surface area (Å²) >= 11 is 0. The monoisotopic (exact) mass is 384 g/mol. The van der Waals surface area contributed by atoms with Crippen molar-refractivity contribution < 1.29 is 14.6 Å².